The number of nitrogens with zero attached hydrogens (tertiary/aromatic N) is 5. The largest absolute Gasteiger partial charge is 0.379 e. The molecule has 0 aromatic carbocycles. The van der Waals surface area contributed by atoms with Gasteiger partial charge in [0.15, 0.2) is 5.82 Å². The summed E-state index contributed by atoms with van der Waals surface area (Å²) >= 11 is 1.62. The van der Waals surface area contributed by atoms with Crippen LogP contribution in [0.15, 0.2) is 17.5 Å². The number of rotatable bonds is 9. The van der Waals surface area contributed by atoms with E-state index in [1.807, 2.05) is 17.5 Å². The maximum absolute atomic E-state index is 12.2. The maximum atomic E-state index is 12.2. The number of carbonyl (C=O) groups is 1. The van der Waals surface area contributed by atoms with Crippen molar-refractivity contribution in [1.82, 2.24) is 30.4 Å². The van der Waals surface area contributed by atoms with Crippen molar-refractivity contribution in [2.24, 2.45) is 0 Å². The number of carbonyl (C=O) groups excluding carboxylic acids is 1. The second kappa shape index (κ2) is 9.72. The van der Waals surface area contributed by atoms with Gasteiger partial charge in [-0.05, 0) is 21.9 Å². The molecule has 1 aliphatic heterocycles. The lowest BCUT2D eigenvalue weighted by molar-refractivity contribution is -0.121. The first kappa shape index (κ1) is 18.9. The summed E-state index contributed by atoms with van der Waals surface area (Å²) in [6.07, 6.45) is 0.200. The van der Waals surface area contributed by atoms with E-state index < -0.39 is 0 Å². The van der Waals surface area contributed by atoms with Gasteiger partial charge < -0.3 is 14.8 Å². The molecule has 26 heavy (non-hydrogen) atoms. The number of amides is 1. The number of ether oxygens (including phenoxy) is 2. The van der Waals surface area contributed by atoms with Gasteiger partial charge in [0, 0.05) is 38.0 Å². The topological polar surface area (TPSA) is 94.4 Å². The summed E-state index contributed by atoms with van der Waals surface area (Å²) in [6.45, 7) is 4.77. The molecule has 1 saturated heterocycles. The van der Waals surface area contributed by atoms with E-state index >= 15 is 0 Å². The first-order valence-electron chi connectivity index (χ1n) is 8.64. The van der Waals surface area contributed by atoms with Crippen LogP contribution in [0, 0.1) is 0 Å². The number of hydrogen-bond acceptors (Lipinski definition) is 8. The first-order chi connectivity index (χ1) is 12.8. The summed E-state index contributed by atoms with van der Waals surface area (Å²) in [5, 5.41) is 16.7. The molecule has 1 aliphatic rings. The van der Waals surface area contributed by atoms with Crippen LogP contribution in [0.25, 0.3) is 0 Å². The van der Waals surface area contributed by atoms with Crippen molar-refractivity contribution >= 4 is 17.2 Å². The summed E-state index contributed by atoms with van der Waals surface area (Å²) in [4.78, 5) is 15.5. The number of tetrazole rings is 1. The smallest absolute Gasteiger partial charge is 0.221 e. The summed E-state index contributed by atoms with van der Waals surface area (Å²) < 4.78 is 12.5. The van der Waals surface area contributed by atoms with Gasteiger partial charge in [0.25, 0.3) is 0 Å². The average Bonchev–Trinajstić information content (AvgIpc) is 3.34. The molecule has 1 atom stereocenters. The molecule has 10 heteroatoms. The lowest BCUT2D eigenvalue weighted by Gasteiger charge is -2.25. The second-order valence-corrected chi connectivity index (χ2v) is 6.98. The molecular formula is C16H24N6O3S. The Hall–Kier alpha value is -1.88. The highest BCUT2D eigenvalue weighted by molar-refractivity contribution is 7.10. The van der Waals surface area contributed by atoms with Crippen molar-refractivity contribution in [2.45, 2.75) is 25.6 Å². The van der Waals surface area contributed by atoms with Crippen LogP contribution in [-0.2, 0) is 27.4 Å². The Kier molecular flexibility index (Phi) is 7.06. The lowest BCUT2D eigenvalue weighted by Crippen LogP contribution is -2.36. The predicted octanol–water partition coefficient (Wildman–Crippen LogP) is 0.461. The Bertz CT molecular complexity index is 671. The third kappa shape index (κ3) is 5.31. The van der Waals surface area contributed by atoms with E-state index in [-0.39, 0.29) is 12.0 Å². The molecule has 1 amide bonds. The molecule has 1 N–H and O–H groups in total. The molecule has 9 nitrogen and oxygen atoms in total. The van der Waals surface area contributed by atoms with E-state index in [9.17, 15) is 4.79 Å². The number of aryl methyl sites for hydroxylation is 1. The molecular weight excluding hydrogens is 356 g/mol. The summed E-state index contributed by atoms with van der Waals surface area (Å²) in [5.74, 6) is 0.726. The van der Waals surface area contributed by atoms with Gasteiger partial charge >= 0.3 is 0 Å². The summed E-state index contributed by atoms with van der Waals surface area (Å²) in [6, 6.07) is 3.98. The van der Waals surface area contributed by atoms with Crippen LogP contribution >= 0.6 is 11.3 Å². The fourth-order valence-electron chi connectivity index (χ4n) is 2.75. The Morgan fingerprint density at radius 3 is 3.04 bits per heavy atom. The van der Waals surface area contributed by atoms with Crippen molar-refractivity contribution in [3.8, 4) is 0 Å². The van der Waals surface area contributed by atoms with E-state index in [0.717, 1.165) is 37.0 Å². The minimum Gasteiger partial charge on any atom is -0.379 e. The quantitative estimate of drug-likeness (QED) is 0.675. The Morgan fingerprint density at radius 2 is 2.31 bits per heavy atom. The zero-order chi connectivity index (χ0) is 18.2. The Morgan fingerprint density at radius 1 is 1.46 bits per heavy atom. The molecule has 0 bridgehead atoms. The van der Waals surface area contributed by atoms with Gasteiger partial charge in [-0.25, -0.2) is 4.68 Å². The number of thiophene rings is 1. The molecule has 0 saturated carbocycles. The van der Waals surface area contributed by atoms with Gasteiger partial charge in [-0.15, -0.1) is 16.4 Å². The average molecular weight is 380 g/mol. The predicted molar refractivity (Wildman–Crippen MR) is 95.6 cm³/mol. The standard InChI is InChI=1S/C16H24N6O3S/c1-24-13(14-3-2-10-26-14)11-17-16(23)4-5-22-15(18-19-20-22)12-21-6-8-25-9-7-21/h2-3,10,13H,4-9,11-12H2,1H3,(H,17,23)/t13-/m0/s1. The number of hydrogen-bond donors (Lipinski definition) is 1. The van der Waals surface area contributed by atoms with E-state index in [1.54, 1.807) is 23.1 Å². The molecule has 0 aliphatic carbocycles. The number of methoxy groups -OCH3 is 1. The number of morpholine rings is 1. The van der Waals surface area contributed by atoms with Gasteiger partial charge in [-0.2, -0.15) is 0 Å². The minimum absolute atomic E-state index is 0.0450. The molecule has 2 aromatic rings. The van der Waals surface area contributed by atoms with Gasteiger partial charge in [-0.1, -0.05) is 6.07 Å². The molecule has 1 fully saturated rings. The van der Waals surface area contributed by atoms with Crippen molar-refractivity contribution in [1.29, 1.82) is 0 Å². The first-order valence-corrected chi connectivity index (χ1v) is 9.52. The molecule has 0 radical (unpaired) electrons. The summed E-state index contributed by atoms with van der Waals surface area (Å²) in [5.41, 5.74) is 0. The van der Waals surface area contributed by atoms with Gasteiger partial charge in [0.05, 0.1) is 26.3 Å². The van der Waals surface area contributed by atoms with E-state index in [0.29, 0.717) is 26.1 Å². The molecule has 0 spiro atoms. The lowest BCUT2D eigenvalue weighted by atomic mass is 10.3. The van der Waals surface area contributed by atoms with Crippen molar-refractivity contribution in [3.63, 3.8) is 0 Å². The number of nitrogens with one attached hydrogen (secondary N) is 1. The normalized spacial score (nSPS) is 16.5. The third-order valence-electron chi connectivity index (χ3n) is 4.26. The Labute approximate surface area is 156 Å². The van der Waals surface area contributed by atoms with Crippen LogP contribution in [0.1, 0.15) is 23.2 Å². The molecule has 2 aromatic heterocycles. The van der Waals surface area contributed by atoms with Crippen LogP contribution in [0.4, 0.5) is 0 Å². The second-order valence-electron chi connectivity index (χ2n) is 6.00. The van der Waals surface area contributed by atoms with Gasteiger partial charge in [0.1, 0.15) is 6.10 Å². The number of aromatic nitrogens is 4. The van der Waals surface area contributed by atoms with Crippen molar-refractivity contribution in [2.75, 3.05) is 40.0 Å². The molecule has 0 unspecified atom stereocenters. The minimum atomic E-state index is -0.121. The zero-order valence-electron chi connectivity index (χ0n) is 14.8. The monoisotopic (exact) mass is 380 g/mol. The van der Waals surface area contributed by atoms with E-state index in [4.69, 9.17) is 9.47 Å². The highest BCUT2D eigenvalue weighted by Crippen LogP contribution is 2.20. The van der Waals surface area contributed by atoms with Crippen LogP contribution in [0.2, 0.25) is 0 Å². The van der Waals surface area contributed by atoms with E-state index in [1.165, 1.54) is 0 Å². The highest BCUT2D eigenvalue weighted by atomic mass is 32.1. The van der Waals surface area contributed by atoms with Gasteiger partial charge in [-0.3, -0.25) is 9.69 Å². The zero-order valence-corrected chi connectivity index (χ0v) is 15.7. The van der Waals surface area contributed by atoms with Gasteiger partial charge in [0.2, 0.25) is 5.91 Å². The Balaban J connectivity index is 1.43. The SMILES string of the molecule is CO[C@@H](CNC(=O)CCn1nnnc1CN1CCOCC1)c1cccs1. The van der Waals surface area contributed by atoms with Crippen molar-refractivity contribution in [3.05, 3.63) is 28.2 Å². The maximum Gasteiger partial charge on any atom is 0.221 e. The molecule has 3 heterocycles. The molecule has 3 rings (SSSR count). The molecule has 142 valence electrons. The highest BCUT2D eigenvalue weighted by Gasteiger charge is 2.16. The van der Waals surface area contributed by atoms with Crippen LogP contribution in [-0.4, -0.2) is 71.0 Å². The third-order valence-corrected chi connectivity index (χ3v) is 5.22. The summed E-state index contributed by atoms with van der Waals surface area (Å²) in [7, 11) is 1.65. The fraction of sp³-hybridized carbons (Fsp3) is 0.625. The van der Waals surface area contributed by atoms with Crippen LogP contribution in [0.3, 0.4) is 0 Å². The fourth-order valence-corrected chi connectivity index (χ4v) is 3.55. The van der Waals surface area contributed by atoms with Crippen molar-refractivity contribution < 1.29 is 14.3 Å². The van der Waals surface area contributed by atoms with Crippen LogP contribution < -0.4 is 5.32 Å². The van der Waals surface area contributed by atoms with E-state index in [2.05, 4.69) is 25.7 Å². The van der Waals surface area contributed by atoms with Crippen LogP contribution in [0.5, 0.6) is 0 Å².